The van der Waals surface area contributed by atoms with Crippen LogP contribution in [0, 0.1) is 6.92 Å². The molecule has 27 heavy (non-hydrogen) atoms. The molecule has 0 radical (unpaired) electrons. The van der Waals surface area contributed by atoms with Gasteiger partial charge in [0, 0.05) is 29.6 Å². The first kappa shape index (κ1) is 18.1. The van der Waals surface area contributed by atoms with Gasteiger partial charge in [0.1, 0.15) is 0 Å². The molecule has 1 fully saturated rings. The number of likely N-dealkylation sites (tertiary alicyclic amines) is 1. The Kier molecular flexibility index (Phi) is 5.23. The van der Waals surface area contributed by atoms with Gasteiger partial charge in [-0.2, -0.15) is 0 Å². The van der Waals surface area contributed by atoms with Gasteiger partial charge in [0.15, 0.2) is 0 Å². The number of methoxy groups -OCH3 is 1. The molecule has 3 aromatic rings. The monoisotopic (exact) mass is 379 g/mol. The average Bonchev–Trinajstić information content (AvgIpc) is 3.17. The first-order valence-electron chi connectivity index (χ1n) is 9.39. The molecule has 2 aromatic heterocycles. The number of thiazole rings is 1. The van der Waals surface area contributed by atoms with Crippen molar-refractivity contribution in [2.45, 2.75) is 31.7 Å². The quantitative estimate of drug-likeness (QED) is 0.657. The summed E-state index contributed by atoms with van der Waals surface area (Å²) in [5.41, 5.74) is 3.89. The van der Waals surface area contributed by atoms with Crippen molar-refractivity contribution < 1.29 is 4.74 Å². The Morgan fingerprint density at radius 1 is 1.11 bits per heavy atom. The Bertz CT molecular complexity index is 868. The van der Waals surface area contributed by atoms with E-state index in [2.05, 4.69) is 58.6 Å². The van der Waals surface area contributed by atoms with E-state index in [1.807, 2.05) is 12.3 Å². The van der Waals surface area contributed by atoms with Crippen molar-refractivity contribution in [3.8, 4) is 5.88 Å². The van der Waals surface area contributed by atoms with Crippen LogP contribution >= 0.6 is 11.3 Å². The second-order valence-electron chi connectivity index (χ2n) is 7.18. The number of nitrogens with zero attached hydrogens (tertiary/aromatic N) is 3. The maximum Gasteiger partial charge on any atom is 0.212 e. The number of hydrogen-bond acceptors (Lipinski definition) is 5. The molecule has 3 heterocycles. The summed E-state index contributed by atoms with van der Waals surface area (Å²) in [6.07, 6.45) is 4.09. The standard InChI is InChI=1S/C22H25N3OS/c1-17-24-20(16-27-17)22(19-6-4-3-5-7-19)10-12-25(13-11-22)15-18-8-9-21(26-2)23-14-18/h3-9,14,16H,10-13,15H2,1-2H3. The maximum absolute atomic E-state index is 5.16. The molecule has 0 N–H and O–H groups in total. The molecule has 0 spiro atoms. The molecular formula is C22H25N3OS. The molecule has 1 aliphatic rings. The summed E-state index contributed by atoms with van der Waals surface area (Å²) in [5, 5.41) is 3.40. The zero-order valence-corrected chi connectivity index (χ0v) is 16.7. The van der Waals surface area contributed by atoms with E-state index in [-0.39, 0.29) is 5.41 Å². The summed E-state index contributed by atoms with van der Waals surface area (Å²) >= 11 is 1.75. The summed E-state index contributed by atoms with van der Waals surface area (Å²) in [6, 6.07) is 14.9. The van der Waals surface area contributed by atoms with Gasteiger partial charge < -0.3 is 4.74 Å². The smallest absolute Gasteiger partial charge is 0.212 e. The van der Waals surface area contributed by atoms with E-state index in [4.69, 9.17) is 9.72 Å². The number of aryl methyl sites for hydroxylation is 1. The molecule has 1 aliphatic heterocycles. The van der Waals surface area contributed by atoms with Gasteiger partial charge in [-0.05, 0) is 44.0 Å². The number of benzene rings is 1. The Hall–Kier alpha value is -2.24. The molecular weight excluding hydrogens is 354 g/mol. The summed E-state index contributed by atoms with van der Waals surface area (Å²) in [7, 11) is 1.65. The van der Waals surface area contributed by atoms with E-state index < -0.39 is 0 Å². The van der Waals surface area contributed by atoms with Crippen molar-refractivity contribution in [1.29, 1.82) is 0 Å². The van der Waals surface area contributed by atoms with Crippen molar-refractivity contribution in [3.05, 3.63) is 75.9 Å². The lowest BCUT2D eigenvalue weighted by Gasteiger charge is -2.41. The molecule has 4 nitrogen and oxygen atoms in total. The van der Waals surface area contributed by atoms with Gasteiger partial charge >= 0.3 is 0 Å². The Labute approximate surface area is 164 Å². The van der Waals surface area contributed by atoms with Gasteiger partial charge in [-0.15, -0.1) is 11.3 Å². The lowest BCUT2D eigenvalue weighted by atomic mass is 9.70. The van der Waals surface area contributed by atoms with Crippen molar-refractivity contribution in [2.75, 3.05) is 20.2 Å². The zero-order valence-electron chi connectivity index (χ0n) is 15.9. The lowest BCUT2D eigenvalue weighted by Crippen LogP contribution is -2.43. The van der Waals surface area contributed by atoms with Gasteiger partial charge in [-0.1, -0.05) is 36.4 Å². The van der Waals surface area contributed by atoms with Gasteiger partial charge in [0.2, 0.25) is 5.88 Å². The maximum atomic E-state index is 5.16. The van der Waals surface area contributed by atoms with Crippen molar-refractivity contribution in [2.24, 2.45) is 0 Å². The molecule has 140 valence electrons. The highest BCUT2D eigenvalue weighted by atomic mass is 32.1. The molecule has 0 atom stereocenters. The molecule has 0 unspecified atom stereocenters. The van der Waals surface area contributed by atoms with Crippen LogP contribution in [0.5, 0.6) is 5.88 Å². The fourth-order valence-electron chi connectivity index (χ4n) is 4.01. The summed E-state index contributed by atoms with van der Waals surface area (Å²) in [4.78, 5) is 11.7. The minimum atomic E-state index is 0.0285. The van der Waals surface area contributed by atoms with Gasteiger partial charge in [-0.25, -0.2) is 9.97 Å². The third-order valence-electron chi connectivity index (χ3n) is 5.56. The van der Waals surface area contributed by atoms with E-state index in [0.717, 1.165) is 37.5 Å². The summed E-state index contributed by atoms with van der Waals surface area (Å²) in [6.45, 7) is 5.13. The molecule has 5 heteroatoms. The lowest BCUT2D eigenvalue weighted by molar-refractivity contribution is 0.170. The van der Waals surface area contributed by atoms with Crippen LogP contribution < -0.4 is 4.74 Å². The highest BCUT2D eigenvalue weighted by molar-refractivity contribution is 7.09. The highest BCUT2D eigenvalue weighted by Gasteiger charge is 2.39. The predicted octanol–water partition coefficient (Wildman–Crippen LogP) is 4.44. The number of ether oxygens (including phenoxy) is 1. The summed E-state index contributed by atoms with van der Waals surface area (Å²) < 4.78 is 5.16. The van der Waals surface area contributed by atoms with Crippen LogP contribution in [-0.4, -0.2) is 35.1 Å². The zero-order chi connectivity index (χ0) is 18.7. The summed E-state index contributed by atoms with van der Waals surface area (Å²) in [5.74, 6) is 0.666. The fourth-order valence-corrected chi connectivity index (χ4v) is 4.72. The van der Waals surface area contributed by atoms with Crippen molar-refractivity contribution in [3.63, 3.8) is 0 Å². The molecule has 0 bridgehead atoms. The number of piperidine rings is 1. The van der Waals surface area contributed by atoms with Gasteiger partial charge in [0.25, 0.3) is 0 Å². The Morgan fingerprint density at radius 2 is 1.89 bits per heavy atom. The third-order valence-corrected chi connectivity index (χ3v) is 6.33. The Balaban J connectivity index is 1.53. The molecule has 4 rings (SSSR count). The van der Waals surface area contributed by atoms with Crippen LogP contribution in [0.15, 0.2) is 54.0 Å². The highest BCUT2D eigenvalue weighted by Crippen LogP contribution is 2.42. The normalized spacial score (nSPS) is 17.0. The van der Waals surface area contributed by atoms with E-state index in [1.165, 1.54) is 16.8 Å². The van der Waals surface area contributed by atoms with Crippen LogP contribution in [0.3, 0.4) is 0 Å². The fraction of sp³-hybridized carbons (Fsp3) is 0.364. The second-order valence-corrected chi connectivity index (χ2v) is 8.25. The second kappa shape index (κ2) is 7.79. The van der Waals surface area contributed by atoms with E-state index in [0.29, 0.717) is 5.88 Å². The minimum Gasteiger partial charge on any atom is -0.481 e. The van der Waals surface area contributed by atoms with E-state index >= 15 is 0 Å². The number of aromatic nitrogens is 2. The molecule has 0 aliphatic carbocycles. The number of rotatable bonds is 5. The number of pyridine rings is 1. The van der Waals surface area contributed by atoms with E-state index in [9.17, 15) is 0 Å². The van der Waals surface area contributed by atoms with Gasteiger partial charge in [0.05, 0.1) is 17.8 Å². The molecule has 1 aromatic carbocycles. The molecule has 0 saturated carbocycles. The van der Waals surface area contributed by atoms with Crippen LogP contribution in [0.25, 0.3) is 0 Å². The number of hydrogen-bond donors (Lipinski definition) is 0. The average molecular weight is 380 g/mol. The predicted molar refractivity (Wildman–Crippen MR) is 109 cm³/mol. The van der Waals surface area contributed by atoms with Crippen LogP contribution in [-0.2, 0) is 12.0 Å². The van der Waals surface area contributed by atoms with Crippen molar-refractivity contribution >= 4 is 11.3 Å². The molecule has 1 saturated heterocycles. The minimum absolute atomic E-state index is 0.0285. The van der Waals surface area contributed by atoms with Crippen molar-refractivity contribution in [1.82, 2.24) is 14.9 Å². The molecule has 0 amide bonds. The van der Waals surface area contributed by atoms with E-state index in [1.54, 1.807) is 18.4 Å². The van der Waals surface area contributed by atoms with Crippen LogP contribution in [0.2, 0.25) is 0 Å². The first-order valence-corrected chi connectivity index (χ1v) is 10.3. The van der Waals surface area contributed by atoms with Gasteiger partial charge in [-0.3, -0.25) is 4.90 Å². The topological polar surface area (TPSA) is 38.2 Å². The van der Waals surface area contributed by atoms with Crippen LogP contribution in [0.4, 0.5) is 0 Å². The van der Waals surface area contributed by atoms with Crippen LogP contribution in [0.1, 0.15) is 34.7 Å². The third kappa shape index (κ3) is 3.75. The Morgan fingerprint density at radius 3 is 2.48 bits per heavy atom. The SMILES string of the molecule is COc1ccc(CN2CCC(c3ccccc3)(c3csc(C)n3)CC2)cn1. The largest absolute Gasteiger partial charge is 0.481 e. The first-order chi connectivity index (χ1) is 13.2.